The van der Waals surface area contributed by atoms with Gasteiger partial charge in [0.1, 0.15) is 0 Å². The fourth-order valence-electron chi connectivity index (χ4n) is 2.85. The van der Waals surface area contributed by atoms with Crippen molar-refractivity contribution in [2.75, 3.05) is 5.75 Å². The summed E-state index contributed by atoms with van der Waals surface area (Å²) in [6, 6.07) is 0.575. The standard InChI is InChI=1S/C11H22N2S/c12-13-10(11-6-3-7-14-11)8-9-4-1-2-5-9/h9-11,13H,1-8,12H2. The maximum Gasteiger partial charge on any atom is 0.0332 e. The number of hydrogen-bond acceptors (Lipinski definition) is 3. The first-order valence-corrected chi connectivity index (χ1v) is 7.03. The molecule has 1 heterocycles. The van der Waals surface area contributed by atoms with Crippen molar-refractivity contribution in [1.29, 1.82) is 0 Å². The molecule has 2 fully saturated rings. The van der Waals surface area contributed by atoms with Gasteiger partial charge in [0.15, 0.2) is 0 Å². The van der Waals surface area contributed by atoms with E-state index in [9.17, 15) is 0 Å². The van der Waals surface area contributed by atoms with Crippen LogP contribution in [0.5, 0.6) is 0 Å². The molecule has 0 spiro atoms. The van der Waals surface area contributed by atoms with Gasteiger partial charge in [-0.2, -0.15) is 11.8 Å². The SMILES string of the molecule is NNC(CC1CCCC1)C1CCCS1. The summed E-state index contributed by atoms with van der Waals surface area (Å²) in [5.74, 6) is 7.96. The predicted octanol–water partition coefficient (Wildman–Crippen LogP) is 2.29. The Kier molecular flexibility index (Phi) is 4.14. The van der Waals surface area contributed by atoms with Gasteiger partial charge in [0, 0.05) is 11.3 Å². The summed E-state index contributed by atoms with van der Waals surface area (Å²) in [6.07, 6.45) is 9.84. The zero-order valence-corrected chi connectivity index (χ0v) is 9.69. The quantitative estimate of drug-likeness (QED) is 0.557. The number of hydrogen-bond donors (Lipinski definition) is 2. The van der Waals surface area contributed by atoms with Crippen LogP contribution in [0, 0.1) is 5.92 Å². The maximum absolute atomic E-state index is 5.67. The molecule has 3 heteroatoms. The van der Waals surface area contributed by atoms with Crippen LogP contribution < -0.4 is 11.3 Å². The Morgan fingerprint density at radius 3 is 2.57 bits per heavy atom. The lowest BCUT2D eigenvalue weighted by Crippen LogP contribution is -2.42. The number of nitrogens with one attached hydrogen (secondary N) is 1. The minimum Gasteiger partial charge on any atom is -0.271 e. The van der Waals surface area contributed by atoms with Gasteiger partial charge >= 0.3 is 0 Å². The van der Waals surface area contributed by atoms with Gasteiger partial charge in [-0.25, -0.2) is 0 Å². The molecule has 1 aliphatic carbocycles. The second-order valence-electron chi connectivity index (χ2n) is 4.71. The predicted molar refractivity (Wildman–Crippen MR) is 63.2 cm³/mol. The monoisotopic (exact) mass is 214 g/mol. The van der Waals surface area contributed by atoms with Crippen LogP contribution in [0.25, 0.3) is 0 Å². The summed E-state index contributed by atoms with van der Waals surface area (Å²) < 4.78 is 0. The minimum atomic E-state index is 0.575. The van der Waals surface area contributed by atoms with Crippen LogP contribution in [0.1, 0.15) is 44.9 Å². The Morgan fingerprint density at radius 1 is 1.21 bits per heavy atom. The van der Waals surface area contributed by atoms with Crippen molar-refractivity contribution < 1.29 is 0 Å². The van der Waals surface area contributed by atoms with Gasteiger partial charge in [-0.15, -0.1) is 0 Å². The molecule has 2 nitrogen and oxygen atoms in total. The molecule has 82 valence electrons. The molecular weight excluding hydrogens is 192 g/mol. The summed E-state index contributed by atoms with van der Waals surface area (Å²) in [7, 11) is 0. The molecular formula is C11H22N2S. The zero-order chi connectivity index (χ0) is 9.80. The Morgan fingerprint density at radius 2 is 2.00 bits per heavy atom. The maximum atomic E-state index is 5.67. The zero-order valence-electron chi connectivity index (χ0n) is 8.87. The molecule has 2 rings (SSSR count). The summed E-state index contributed by atoms with van der Waals surface area (Å²) in [6.45, 7) is 0. The highest BCUT2D eigenvalue weighted by atomic mass is 32.2. The van der Waals surface area contributed by atoms with E-state index in [0.717, 1.165) is 11.2 Å². The summed E-state index contributed by atoms with van der Waals surface area (Å²) in [4.78, 5) is 0. The van der Waals surface area contributed by atoms with Crippen molar-refractivity contribution >= 4 is 11.8 Å². The van der Waals surface area contributed by atoms with E-state index in [1.165, 1.54) is 50.7 Å². The number of thioether (sulfide) groups is 1. The van der Waals surface area contributed by atoms with E-state index in [-0.39, 0.29) is 0 Å². The Balaban J connectivity index is 1.79. The minimum absolute atomic E-state index is 0.575. The van der Waals surface area contributed by atoms with Gasteiger partial charge in [-0.3, -0.25) is 11.3 Å². The molecule has 2 aliphatic rings. The molecule has 3 N–H and O–H groups in total. The molecule has 1 saturated heterocycles. The van der Waals surface area contributed by atoms with Gasteiger partial charge in [-0.05, 0) is 30.9 Å². The second-order valence-corrected chi connectivity index (χ2v) is 6.06. The summed E-state index contributed by atoms with van der Waals surface area (Å²) in [5.41, 5.74) is 3.05. The topological polar surface area (TPSA) is 38.0 Å². The van der Waals surface area contributed by atoms with Crippen LogP contribution in [0.4, 0.5) is 0 Å². The number of nitrogens with two attached hydrogens (primary N) is 1. The van der Waals surface area contributed by atoms with Crippen molar-refractivity contribution in [3.05, 3.63) is 0 Å². The van der Waals surface area contributed by atoms with Crippen molar-refractivity contribution in [3.8, 4) is 0 Å². The molecule has 14 heavy (non-hydrogen) atoms. The highest BCUT2D eigenvalue weighted by molar-refractivity contribution is 8.00. The molecule has 0 aromatic carbocycles. The Labute approximate surface area is 91.4 Å². The van der Waals surface area contributed by atoms with Crippen molar-refractivity contribution in [3.63, 3.8) is 0 Å². The molecule has 0 aromatic rings. The lowest BCUT2D eigenvalue weighted by molar-refractivity contribution is 0.379. The summed E-state index contributed by atoms with van der Waals surface area (Å²) in [5, 5.41) is 0.792. The fraction of sp³-hybridized carbons (Fsp3) is 1.00. The third kappa shape index (κ3) is 2.65. The first-order valence-electron chi connectivity index (χ1n) is 5.98. The molecule has 1 saturated carbocycles. The van der Waals surface area contributed by atoms with Crippen LogP contribution in [-0.4, -0.2) is 17.0 Å². The van der Waals surface area contributed by atoms with Crippen molar-refractivity contribution in [1.82, 2.24) is 5.43 Å². The smallest absolute Gasteiger partial charge is 0.0332 e. The van der Waals surface area contributed by atoms with Gasteiger partial charge in [0.25, 0.3) is 0 Å². The average Bonchev–Trinajstić information content (AvgIpc) is 2.86. The average molecular weight is 214 g/mol. The highest BCUT2D eigenvalue weighted by Gasteiger charge is 2.28. The molecule has 2 unspecified atom stereocenters. The first kappa shape index (κ1) is 10.8. The Bertz CT molecular complexity index is 163. The molecule has 0 radical (unpaired) electrons. The van der Waals surface area contributed by atoms with Gasteiger partial charge in [0.2, 0.25) is 0 Å². The van der Waals surface area contributed by atoms with Crippen LogP contribution in [-0.2, 0) is 0 Å². The third-order valence-electron chi connectivity index (χ3n) is 3.69. The lowest BCUT2D eigenvalue weighted by Gasteiger charge is -2.24. The third-order valence-corrected chi connectivity index (χ3v) is 5.21. The highest BCUT2D eigenvalue weighted by Crippen LogP contribution is 2.34. The summed E-state index contributed by atoms with van der Waals surface area (Å²) >= 11 is 2.12. The second kappa shape index (κ2) is 5.38. The van der Waals surface area contributed by atoms with Crippen molar-refractivity contribution in [2.24, 2.45) is 11.8 Å². The molecule has 1 aliphatic heterocycles. The molecule has 0 bridgehead atoms. The van der Waals surface area contributed by atoms with E-state index in [0.29, 0.717) is 6.04 Å². The van der Waals surface area contributed by atoms with Crippen LogP contribution in [0.3, 0.4) is 0 Å². The molecule has 2 atom stereocenters. The van der Waals surface area contributed by atoms with Crippen LogP contribution in [0.2, 0.25) is 0 Å². The van der Waals surface area contributed by atoms with Crippen molar-refractivity contribution in [2.45, 2.75) is 56.2 Å². The largest absolute Gasteiger partial charge is 0.271 e. The first-order chi connectivity index (χ1) is 6.90. The van der Waals surface area contributed by atoms with Crippen LogP contribution >= 0.6 is 11.8 Å². The molecule has 0 amide bonds. The number of rotatable bonds is 4. The van der Waals surface area contributed by atoms with E-state index in [2.05, 4.69) is 17.2 Å². The van der Waals surface area contributed by atoms with E-state index < -0.39 is 0 Å². The van der Waals surface area contributed by atoms with E-state index in [1.807, 2.05) is 0 Å². The van der Waals surface area contributed by atoms with E-state index in [1.54, 1.807) is 0 Å². The number of hydrazine groups is 1. The Hall–Kier alpha value is 0.270. The van der Waals surface area contributed by atoms with E-state index >= 15 is 0 Å². The lowest BCUT2D eigenvalue weighted by atomic mass is 9.95. The van der Waals surface area contributed by atoms with E-state index in [4.69, 9.17) is 5.84 Å². The van der Waals surface area contributed by atoms with Crippen LogP contribution in [0.15, 0.2) is 0 Å². The van der Waals surface area contributed by atoms with Gasteiger partial charge in [0.05, 0.1) is 0 Å². The molecule has 0 aromatic heterocycles. The normalized spacial score (nSPS) is 31.1. The van der Waals surface area contributed by atoms with Gasteiger partial charge in [-0.1, -0.05) is 25.7 Å². The fourth-order valence-corrected chi connectivity index (χ4v) is 4.24. The van der Waals surface area contributed by atoms with Gasteiger partial charge < -0.3 is 0 Å².